The molecule has 0 aliphatic heterocycles. The predicted octanol–water partition coefficient (Wildman–Crippen LogP) is 3.10. The molecule has 0 saturated carbocycles. The van der Waals surface area contributed by atoms with Crippen molar-refractivity contribution in [1.82, 2.24) is 5.32 Å². The van der Waals surface area contributed by atoms with Crippen molar-refractivity contribution in [3.8, 4) is 5.75 Å². The lowest BCUT2D eigenvalue weighted by molar-refractivity contribution is -0.123. The van der Waals surface area contributed by atoms with Crippen LogP contribution >= 0.6 is 11.3 Å². The Balaban J connectivity index is 1.73. The number of hydrogen-bond donors (Lipinski definition) is 1. The number of aryl methyl sites for hydroxylation is 2. The SMILES string of the molecule is Cc1ccc(C)c(OCC(=O)NCCc2cccs2)c1. The van der Waals surface area contributed by atoms with Gasteiger partial charge in [-0.1, -0.05) is 18.2 Å². The number of hydrogen-bond acceptors (Lipinski definition) is 3. The summed E-state index contributed by atoms with van der Waals surface area (Å²) < 4.78 is 5.56. The Kier molecular flexibility index (Phi) is 5.18. The highest BCUT2D eigenvalue weighted by molar-refractivity contribution is 7.09. The molecule has 3 nitrogen and oxygen atoms in total. The summed E-state index contributed by atoms with van der Waals surface area (Å²) in [5, 5.41) is 4.91. The van der Waals surface area contributed by atoms with Crippen LogP contribution in [-0.2, 0) is 11.2 Å². The number of ether oxygens (including phenoxy) is 1. The fourth-order valence-electron chi connectivity index (χ4n) is 1.84. The zero-order chi connectivity index (χ0) is 14.4. The van der Waals surface area contributed by atoms with Gasteiger partial charge in [-0.3, -0.25) is 4.79 Å². The number of carbonyl (C=O) groups excluding carboxylic acids is 1. The van der Waals surface area contributed by atoms with Crippen molar-refractivity contribution in [2.24, 2.45) is 0 Å². The fourth-order valence-corrected chi connectivity index (χ4v) is 2.55. The van der Waals surface area contributed by atoms with Crippen molar-refractivity contribution < 1.29 is 9.53 Å². The molecule has 0 aliphatic rings. The normalized spacial score (nSPS) is 10.3. The van der Waals surface area contributed by atoms with E-state index < -0.39 is 0 Å². The highest BCUT2D eigenvalue weighted by Gasteiger charge is 2.05. The van der Waals surface area contributed by atoms with Gasteiger partial charge in [0.1, 0.15) is 5.75 Å². The first-order valence-corrected chi connectivity index (χ1v) is 7.52. The standard InChI is InChI=1S/C16H19NO2S/c1-12-5-6-13(2)15(10-12)19-11-16(18)17-8-7-14-4-3-9-20-14/h3-6,9-10H,7-8,11H2,1-2H3,(H,17,18). The fraction of sp³-hybridized carbons (Fsp3) is 0.312. The zero-order valence-corrected chi connectivity index (χ0v) is 12.6. The van der Waals surface area contributed by atoms with E-state index in [1.54, 1.807) is 11.3 Å². The van der Waals surface area contributed by atoms with Gasteiger partial charge in [0, 0.05) is 11.4 Å². The van der Waals surface area contributed by atoms with Crippen molar-refractivity contribution >= 4 is 17.2 Å². The number of nitrogens with one attached hydrogen (secondary N) is 1. The van der Waals surface area contributed by atoms with Crippen LogP contribution in [0.1, 0.15) is 16.0 Å². The summed E-state index contributed by atoms with van der Waals surface area (Å²) in [7, 11) is 0. The Labute approximate surface area is 123 Å². The van der Waals surface area contributed by atoms with E-state index in [1.165, 1.54) is 4.88 Å². The van der Waals surface area contributed by atoms with Crippen LogP contribution in [0.3, 0.4) is 0 Å². The molecule has 1 amide bonds. The van der Waals surface area contributed by atoms with E-state index >= 15 is 0 Å². The van der Waals surface area contributed by atoms with E-state index in [4.69, 9.17) is 4.74 Å². The summed E-state index contributed by atoms with van der Waals surface area (Å²) in [6, 6.07) is 10.1. The van der Waals surface area contributed by atoms with Gasteiger partial charge in [-0.2, -0.15) is 0 Å². The van der Waals surface area contributed by atoms with Crippen LogP contribution in [-0.4, -0.2) is 19.1 Å². The lowest BCUT2D eigenvalue weighted by Gasteiger charge is -2.10. The molecule has 0 saturated heterocycles. The Bertz CT molecular complexity index is 564. The van der Waals surface area contributed by atoms with Crippen molar-refractivity contribution in [1.29, 1.82) is 0 Å². The predicted molar refractivity (Wildman–Crippen MR) is 82.4 cm³/mol. The third kappa shape index (κ3) is 4.38. The largest absolute Gasteiger partial charge is 0.483 e. The third-order valence-electron chi connectivity index (χ3n) is 2.98. The van der Waals surface area contributed by atoms with Gasteiger partial charge < -0.3 is 10.1 Å². The second-order valence-electron chi connectivity index (χ2n) is 4.74. The highest BCUT2D eigenvalue weighted by Crippen LogP contribution is 2.18. The molecule has 1 aromatic carbocycles. The number of carbonyl (C=O) groups is 1. The molecule has 2 aromatic rings. The van der Waals surface area contributed by atoms with Crippen LogP contribution < -0.4 is 10.1 Å². The smallest absolute Gasteiger partial charge is 0.257 e. The van der Waals surface area contributed by atoms with Crippen molar-refractivity contribution in [3.63, 3.8) is 0 Å². The molecule has 0 bridgehead atoms. The van der Waals surface area contributed by atoms with E-state index in [9.17, 15) is 4.79 Å². The van der Waals surface area contributed by atoms with Gasteiger partial charge in [0.2, 0.25) is 0 Å². The number of thiophene rings is 1. The average Bonchev–Trinajstić information content (AvgIpc) is 2.93. The first-order valence-electron chi connectivity index (χ1n) is 6.64. The Morgan fingerprint density at radius 1 is 1.30 bits per heavy atom. The molecule has 0 unspecified atom stereocenters. The molecule has 20 heavy (non-hydrogen) atoms. The summed E-state index contributed by atoms with van der Waals surface area (Å²) in [5.74, 6) is 0.695. The molecule has 4 heteroatoms. The van der Waals surface area contributed by atoms with Crippen LogP contribution in [0.15, 0.2) is 35.7 Å². The van der Waals surface area contributed by atoms with Gasteiger partial charge in [-0.05, 0) is 48.9 Å². The minimum Gasteiger partial charge on any atom is -0.483 e. The number of rotatable bonds is 6. The van der Waals surface area contributed by atoms with Crippen molar-refractivity contribution in [2.75, 3.05) is 13.2 Å². The summed E-state index contributed by atoms with van der Waals surface area (Å²) >= 11 is 1.71. The quantitative estimate of drug-likeness (QED) is 0.887. The molecule has 1 aromatic heterocycles. The van der Waals surface area contributed by atoms with Crippen molar-refractivity contribution in [3.05, 3.63) is 51.7 Å². The average molecular weight is 289 g/mol. The maximum atomic E-state index is 11.7. The lowest BCUT2D eigenvalue weighted by Crippen LogP contribution is -2.30. The minimum atomic E-state index is -0.0811. The number of amides is 1. The molecule has 0 aliphatic carbocycles. The second-order valence-corrected chi connectivity index (χ2v) is 5.77. The third-order valence-corrected chi connectivity index (χ3v) is 3.91. The zero-order valence-electron chi connectivity index (χ0n) is 11.8. The monoisotopic (exact) mass is 289 g/mol. The summed E-state index contributed by atoms with van der Waals surface area (Å²) in [6.45, 7) is 4.70. The summed E-state index contributed by atoms with van der Waals surface area (Å²) in [5.41, 5.74) is 2.17. The molecule has 106 valence electrons. The van der Waals surface area contributed by atoms with E-state index in [1.807, 2.05) is 43.5 Å². The molecular formula is C16H19NO2S. The first kappa shape index (κ1) is 14.6. The molecule has 2 rings (SSSR count). The maximum Gasteiger partial charge on any atom is 0.257 e. The summed E-state index contributed by atoms with van der Waals surface area (Å²) in [4.78, 5) is 13.0. The van der Waals surface area contributed by atoms with Gasteiger partial charge in [0.25, 0.3) is 5.91 Å². The molecule has 0 fully saturated rings. The van der Waals surface area contributed by atoms with Crippen LogP contribution in [0.25, 0.3) is 0 Å². The first-order chi connectivity index (χ1) is 9.65. The van der Waals surface area contributed by atoms with E-state index in [0.29, 0.717) is 6.54 Å². The van der Waals surface area contributed by atoms with E-state index in [2.05, 4.69) is 11.4 Å². The van der Waals surface area contributed by atoms with E-state index in [0.717, 1.165) is 23.3 Å². The Morgan fingerprint density at radius 3 is 2.90 bits per heavy atom. The van der Waals surface area contributed by atoms with E-state index in [-0.39, 0.29) is 12.5 Å². The molecule has 0 atom stereocenters. The van der Waals surface area contributed by atoms with Gasteiger partial charge in [0.05, 0.1) is 0 Å². The van der Waals surface area contributed by atoms with Crippen LogP contribution in [0, 0.1) is 13.8 Å². The van der Waals surface area contributed by atoms with Crippen molar-refractivity contribution in [2.45, 2.75) is 20.3 Å². The van der Waals surface area contributed by atoms with Crippen LogP contribution in [0.2, 0.25) is 0 Å². The second kappa shape index (κ2) is 7.10. The van der Waals surface area contributed by atoms with Crippen LogP contribution in [0.5, 0.6) is 5.75 Å². The van der Waals surface area contributed by atoms with Gasteiger partial charge in [-0.15, -0.1) is 11.3 Å². The maximum absolute atomic E-state index is 11.7. The molecule has 0 spiro atoms. The highest BCUT2D eigenvalue weighted by atomic mass is 32.1. The molecular weight excluding hydrogens is 270 g/mol. The Morgan fingerprint density at radius 2 is 2.15 bits per heavy atom. The Hall–Kier alpha value is -1.81. The molecule has 0 radical (unpaired) electrons. The van der Waals surface area contributed by atoms with Gasteiger partial charge in [0.15, 0.2) is 6.61 Å². The lowest BCUT2D eigenvalue weighted by atomic mass is 10.1. The minimum absolute atomic E-state index is 0.0642. The van der Waals surface area contributed by atoms with Gasteiger partial charge in [-0.25, -0.2) is 0 Å². The molecule has 1 N–H and O–H groups in total. The van der Waals surface area contributed by atoms with Crippen LogP contribution in [0.4, 0.5) is 0 Å². The number of benzene rings is 1. The molecule has 1 heterocycles. The van der Waals surface area contributed by atoms with Gasteiger partial charge >= 0.3 is 0 Å². The summed E-state index contributed by atoms with van der Waals surface area (Å²) in [6.07, 6.45) is 0.868. The topological polar surface area (TPSA) is 38.3 Å².